The Balaban J connectivity index is 1.77. The molecule has 5 aromatic rings. The van der Waals surface area contributed by atoms with Gasteiger partial charge in [0.2, 0.25) is 10.0 Å². The van der Waals surface area contributed by atoms with Gasteiger partial charge in [-0.3, -0.25) is 14.1 Å². The third-order valence-corrected chi connectivity index (χ3v) is 5.98. The van der Waals surface area contributed by atoms with Crippen LogP contribution in [0.4, 0.5) is 11.5 Å². The summed E-state index contributed by atoms with van der Waals surface area (Å²) in [7, 11) is -3.47. The third kappa shape index (κ3) is 4.46. The van der Waals surface area contributed by atoms with Gasteiger partial charge in [-0.2, -0.15) is 5.10 Å². The molecule has 35 heavy (non-hydrogen) atoms. The quantitative estimate of drug-likeness (QED) is 0.372. The zero-order valence-electron chi connectivity index (χ0n) is 18.3. The van der Waals surface area contributed by atoms with Crippen LogP contribution in [0, 0.1) is 0 Å². The first kappa shape index (κ1) is 22.6. The van der Waals surface area contributed by atoms with Crippen LogP contribution in [0.1, 0.15) is 0 Å². The highest BCUT2D eigenvalue weighted by Gasteiger charge is 2.19. The molecule has 0 aliphatic carbocycles. The van der Waals surface area contributed by atoms with Crippen LogP contribution in [0.3, 0.4) is 0 Å². The molecule has 12 heteroatoms. The molecule has 2 aromatic carbocycles. The van der Waals surface area contributed by atoms with Crippen LogP contribution in [-0.4, -0.2) is 39.0 Å². The topological polar surface area (TPSA) is 138 Å². The SMILES string of the molecule is CS(=O)(=O)Nc1cccc(-n2ncc3c(=O)n(-c4ccc(Cl)cc4)c(-c4ccc(N)nc4)nc32)c1. The summed E-state index contributed by atoms with van der Waals surface area (Å²) in [6.07, 6.45) is 4.03. The summed E-state index contributed by atoms with van der Waals surface area (Å²) >= 11 is 6.05. The van der Waals surface area contributed by atoms with Crippen molar-refractivity contribution in [2.45, 2.75) is 0 Å². The van der Waals surface area contributed by atoms with Gasteiger partial charge in [0.1, 0.15) is 11.2 Å². The van der Waals surface area contributed by atoms with Gasteiger partial charge in [-0.05, 0) is 54.6 Å². The van der Waals surface area contributed by atoms with Crippen molar-refractivity contribution in [2.24, 2.45) is 0 Å². The molecule has 3 N–H and O–H groups in total. The monoisotopic (exact) mass is 507 g/mol. The number of aromatic nitrogens is 5. The summed E-state index contributed by atoms with van der Waals surface area (Å²) in [4.78, 5) is 22.6. The Morgan fingerprint density at radius 1 is 1.00 bits per heavy atom. The lowest BCUT2D eigenvalue weighted by Gasteiger charge is -2.14. The molecule has 3 aromatic heterocycles. The van der Waals surface area contributed by atoms with Gasteiger partial charge in [0.15, 0.2) is 11.5 Å². The molecule has 0 bridgehead atoms. The van der Waals surface area contributed by atoms with E-state index in [9.17, 15) is 13.2 Å². The fraction of sp³-hybridized carbons (Fsp3) is 0.0435. The number of nitrogens with two attached hydrogens (primary N) is 1. The van der Waals surface area contributed by atoms with E-state index in [2.05, 4.69) is 14.8 Å². The summed E-state index contributed by atoms with van der Waals surface area (Å²) in [5, 5.41) is 5.17. The van der Waals surface area contributed by atoms with Gasteiger partial charge in [-0.15, -0.1) is 0 Å². The number of hydrogen-bond donors (Lipinski definition) is 2. The summed E-state index contributed by atoms with van der Waals surface area (Å²) in [6.45, 7) is 0. The van der Waals surface area contributed by atoms with Crippen LogP contribution in [0.25, 0.3) is 33.8 Å². The molecule has 0 aliphatic rings. The average Bonchev–Trinajstić information content (AvgIpc) is 3.24. The molecule has 0 radical (unpaired) electrons. The molecule has 0 unspecified atom stereocenters. The van der Waals surface area contributed by atoms with Crippen LogP contribution in [0.5, 0.6) is 0 Å². The Morgan fingerprint density at radius 3 is 2.46 bits per heavy atom. The molecule has 0 saturated heterocycles. The summed E-state index contributed by atoms with van der Waals surface area (Å²) in [5.41, 5.74) is 7.70. The van der Waals surface area contributed by atoms with Crippen molar-refractivity contribution in [3.8, 4) is 22.8 Å². The zero-order valence-corrected chi connectivity index (χ0v) is 19.8. The fourth-order valence-electron chi connectivity index (χ4n) is 3.63. The maximum absolute atomic E-state index is 13.7. The standard InChI is InChI=1S/C23H18ClN7O3S/c1-35(33,34)29-16-3-2-4-18(11-16)31-22-19(13-27-31)23(32)30(17-8-6-15(24)7-9-17)21(28-22)14-5-10-20(25)26-12-14/h2-13,29H,1H3,(H2,25,26). The number of benzene rings is 2. The number of fused-ring (bicyclic) bond motifs is 1. The highest BCUT2D eigenvalue weighted by atomic mass is 35.5. The molecule has 10 nitrogen and oxygen atoms in total. The van der Waals surface area contributed by atoms with Gasteiger partial charge in [0.25, 0.3) is 5.56 Å². The summed E-state index contributed by atoms with van der Waals surface area (Å²) in [5.74, 6) is 0.653. The van der Waals surface area contributed by atoms with E-state index in [0.717, 1.165) is 6.26 Å². The number of halogens is 1. The Hall–Kier alpha value is -4.22. The zero-order chi connectivity index (χ0) is 24.7. The average molecular weight is 508 g/mol. The predicted molar refractivity (Wildman–Crippen MR) is 136 cm³/mol. The lowest BCUT2D eigenvalue weighted by atomic mass is 10.2. The molecule has 0 saturated carbocycles. The van der Waals surface area contributed by atoms with Gasteiger partial charge in [0.05, 0.1) is 29.5 Å². The third-order valence-electron chi connectivity index (χ3n) is 5.12. The van der Waals surface area contributed by atoms with E-state index in [4.69, 9.17) is 22.3 Å². The first-order chi connectivity index (χ1) is 16.7. The number of hydrogen-bond acceptors (Lipinski definition) is 7. The van der Waals surface area contributed by atoms with Crippen LogP contribution in [0.15, 0.2) is 77.9 Å². The molecule has 176 valence electrons. The van der Waals surface area contributed by atoms with E-state index in [0.29, 0.717) is 44.9 Å². The van der Waals surface area contributed by atoms with Crippen LogP contribution >= 0.6 is 11.6 Å². The molecule has 0 fully saturated rings. The van der Waals surface area contributed by atoms with Crippen LogP contribution < -0.4 is 16.0 Å². The molecule has 0 spiro atoms. The number of nitrogens with zero attached hydrogens (tertiary/aromatic N) is 5. The van der Waals surface area contributed by atoms with E-state index >= 15 is 0 Å². The Morgan fingerprint density at radius 2 is 1.77 bits per heavy atom. The van der Waals surface area contributed by atoms with E-state index in [1.54, 1.807) is 60.7 Å². The van der Waals surface area contributed by atoms with Crippen LogP contribution in [-0.2, 0) is 10.0 Å². The second-order valence-electron chi connectivity index (χ2n) is 7.74. The Kier molecular flexibility index (Phi) is 5.50. The molecular weight excluding hydrogens is 490 g/mol. The molecule has 5 rings (SSSR count). The number of nitrogen functional groups attached to an aromatic ring is 1. The van der Waals surface area contributed by atoms with Gasteiger partial charge < -0.3 is 5.73 Å². The summed E-state index contributed by atoms with van der Waals surface area (Å²) < 4.78 is 28.7. The molecular formula is C23H18ClN7O3S. The lowest BCUT2D eigenvalue weighted by molar-refractivity contribution is 0.607. The number of pyridine rings is 1. The van der Waals surface area contributed by atoms with Crippen molar-refractivity contribution in [1.82, 2.24) is 24.3 Å². The first-order valence-electron chi connectivity index (χ1n) is 10.3. The molecule has 0 atom stereocenters. The first-order valence-corrected chi connectivity index (χ1v) is 12.5. The van der Waals surface area contributed by atoms with Crippen molar-refractivity contribution in [3.05, 3.63) is 88.4 Å². The van der Waals surface area contributed by atoms with Gasteiger partial charge >= 0.3 is 0 Å². The molecule has 3 heterocycles. The van der Waals surface area contributed by atoms with E-state index in [1.807, 2.05) is 0 Å². The summed E-state index contributed by atoms with van der Waals surface area (Å²) in [6, 6.07) is 16.8. The predicted octanol–water partition coefficient (Wildman–Crippen LogP) is 3.24. The van der Waals surface area contributed by atoms with Crippen molar-refractivity contribution in [1.29, 1.82) is 0 Å². The van der Waals surface area contributed by atoms with Gasteiger partial charge in [-0.1, -0.05) is 17.7 Å². The van der Waals surface area contributed by atoms with E-state index < -0.39 is 10.0 Å². The number of anilines is 2. The van der Waals surface area contributed by atoms with E-state index in [-0.39, 0.29) is 10.9 Å². The van der Waals surface area contributed by atoms with Crippen LogP contribution in [0.2, 0.25) is 5.02 Å². The highest BCUT2D eigenvalue weighted by Crippen LogP contribution is 2.25. The molecule has 0 amide bonds. The number of sulfonamides is 1. The Labute approximate surface area is 204 Å². The van der Waals surface area contributed by atoms with Crippen molar-refractivity contribution in [3.63, 3.8) is 0 Å². The van der Waals surface area contributed by atoms with Gasteiger partial charge in [0, 0.05) is 16.8 Å². The van der Waals surface area contributed by atoms with Crippen molar-refractivity contribution in [2.75, 3.05) is 16.7 Å². The largest absolute Gasteiger partial charge is 0.384 e. The number of nitrogens with one attached hydrogen (secondary N) is 1. The smallest absolute Gasteiger partial charge is 0.269 e. The second-order valence-corrected chi connectivity index (χ2v) is 9.93. The molecule has 0 aliphatic heterocycles. The van der Waals surface area contributed by atoms with Crippen molar-refractivity contribution < 1.29 is 8.42 Å². The maximum Gasteiger partial charge on any atom is 0.269 e. The highest BCUT2D eigenvalue weighted by molar-refractivity contribution is 7.92. The van der Waals surface area contributed by atoms with Gasteiger partial charge in [-0.25, -0.2) is 23.1 Å². The maximum atomic E-state index is 13.7. The minimum absolute atomic E-state index is 0.272. The minimum atomic E-state index is -3.47. The van der Waals surface area contributed by atoms with E-state index in [1.165, 1.54) is 21.6 Å². The second kappa shape index (κ2) is 8.53. The lowest BCUT2D eigenvalue weighted by Crippen LogP contribution is -2.22. The number of rotatable bonds is 5. The Bertz CT molecular complexity index is 1730. The normalized spacial score (nSPS) is 11.6. The minimum Gasteiger partial charge on any atom is -0.384 e. The fourth-order valence-corrected chi connectivity index (χ4v) is 4.31. The van der Waals surface area contributed by atoms with Crippen molar-refractivity contribution >= 4 is 44.2 Å².